The van der Waals surface area contributed by atoms with Crippen molar-refractivity contribution >= 4 is 60.3 Å². The van der Waals surface area contributed by atoms with Crippen LogP contribution in [0.2, 0.25) is 0 Å². The minimum absolute atomic E-state index is 0.0157. The second-order valence-electron chi connectivity index (χ2n) is 12.6. The SMILES string of the molecule is Cc1c([C@H](O)C2NC(=O)[C@H](C)[C@H]2CCS)[nH]c(/C=c2\[nH]/c(=C/[C@H]3NC(=O)/C(=C4\CS4)C3C)c(C)c2CCC(=O)O)c1CCC(=O)O. The van der Waals surface area contributed by atoms with E-state index in [-0.39, 0.29) is 61.3 Å². The Bertz CT molecular complexity index is 1720. The molecule has 2 unspecified atom stereocenters. The third kappa shape index (κ3) is 6.82. The van der Waals surface area contributed by atoms with Crippen LogP contribution in [-0.2, 0) is 32.0 Å². The van der Waals surface area contributed by atoms with Gasteiger partial charge in [0.15, 0.2) is 0 Å². The molecule has 2 amide bonds. The van der Waals surface area contributed by atoms with Crippen molar-refractivity contribution in [3.8, 4) is 0 Å². The van der Waals surface area contributed by atoms with Crippen LogP contribution < -0.4 is 21.3 Å². The van der Waals surface area contributed by atoms with Gasteiger partial charge in [-0.3, -0.25) is 19.2 Å². The molecular weight excluding hydrogens is 629 g/mol. The van der Waals surface area contributed by atoms with Gasteiger partial charge >= 0.3 is 11.9 Å². The highest BCUT2D eigenvalue weighted by Gasteiger charge is 2.43. The zero-order valence-corrected chi connectivity index (χ0v) is 28.1. The number of hydrogen-bond donors (Lipinski definition) is 8. The number of aliphatic carboxylic acids is 2. The van der Waals surface area contributed by atoms with Crippen molar-refractivity contribution in [3.63, 3.8) is 0 Å². The molecule has 248 valence electrons. The van der Waals surface area contributed by atoms with Gasteiger partial charge < -0.3 is 35.9 Å². The maximum absolute atomic E-state index is 12.7. The second kappa shape index (κ2) is 13.7. The Labute approximate surface area is 276 Å². The number of aliphatic hydroxyl groups excluding tert-OH is 1. The molecule has 3 fully saturated rings. The Kier molecular flexibility index (Phi) is 10.1. The minimum Gasteiger partial charge on any atom is -0.481 e. The van der Waals surface area contributed by atoms with Gasteiger partial charge in [0.25, 0.3) is 0 Å². The van der Waals surface area contributed by atoms with Gasteiger partial charge in [0.2, 0.25) is 11.8 Å². The van der Waals surface area contributed by atoms with E-state index >= 15 is 0 Å². The topological polar surface area (TPSA) is 185 Å². The van der Waals surface area contributed by atoms with Crippen molar-refractivity contribution in [2.75, 3.05) is 11.5 Å². The fourth-order valence-electron chi connectivity index (χ4n) is 6.98. The lowest BCUT2D eigenvalue weighted by molar-refractivity contribution is -0.138. The maximum atomic E-state index is 12.7. The van der Waals surface area contributed by atoms with Crippen molar-refractivity contribution < 1.29 is 34.5 Å². The summed E-state index contributed by atoms with van der Waals surface area (Å²) in [6, 6.07) is -0.770. The predicted octanol–water partition coefficient (Wildman–Crippen LogP) is 1.84. The van der Waals surface area contributed by atoms with Crippen LogP contribution in [0.15, 0.2) is 10.5 Å². The smallest absolute Gasteiger partial charge is 0.303 e. The van der Waals surface area contributed by atoms with E-state index in [0.717, 1.165) is 38.3 Å². The van der Waals surface area contributed by atoms with Crippen molar-refractivity contribution in [2.24, 2.45) is 17.8 Å². The van der Waals surface area contributed by atoms with Crippen molar-refractivity contribution in [1.29, 1.82) is 0 Å². The Hall–Kier alpha value is -3.42. The van der Waals surface area contributed by atoms with E-state index in [4.69, 9.17) is 0 Å². The molecule has 6 atom stereocenters. The Morgan fingerprint density at radius 1 is 0.978 bits per heavy atom. The summed E-state index contributed by atoms with van der Waals surface area (Å²) in [6.45, 7) is 7.61. The first kappa shape index (κ1) is 33.9. The summed E-state index contributed by atoms with van der Waals surface area (Å²) in [4.78, 5) is 56.4. The summed E-state index contributed by atoms with van der Waals surface area (Å²) < 4.78 is 0. The maximum Gasteiger partial charge on any atom is 0.303 e. The molecule has 2 aromatic heterocycles. The number of thioether (sulfide) groups is 1. The molecule has 2 aromatic rings. The Morgan fingerprint density at radius 3 is 2.24 bits per heavy atom. The number of nitrogens with one attached hydrogen (secondary N) is 4. The molecule has 3 aliphatic rings. The standard InChI is InChI=1S/C33H42N4O7S2/c1-14-18(5-7-26(38)39)23(34-21(14)11-22-17(4)28(25-13-46-25)33(44)36-22)12-24-19(6-8-27(40)41)15(2)29(35-24)31(42)30-20(9-10-45)16(3)32(43)37-30/h11-12,16-17,20,22,30-31,34-35,42,45H,5-10,13H2,1-4H3,(H,36,44)(H,37,43)(H,38,39)(H,40,41)/b21-11+,23-12-,28-25+/t16-,17?,20-,22-,30?,31+/m1/s1. The zero-order valence-electron chi connectivity index (χ0n) is 26.4. The van der Waals surface area contributed by atoms with E-state index in [1.807, 2.05) is 39.8 Å². The first-order valence-corrected chi connectivity index (χ1v) is 17.3. The highest BCUT2D eigenvalue weighted by Crippen LogP contribution is 2.43. The number of rotatable bonds is 12. The molecule has 5 heterocycles. The van der Waals surface area contributed by atoms with Crippen LogP contribution in [-0.4, -0.2) is 72.6 Å². The van der Waals surface area contributed by atoms with Crippen LogP contribution in [0.3, 0.4) is 0 Å². The van der Waals surface area contributed by atoms with Gasteiger partial charge in [0, 0.05) is 63.0 Å². The van der Waals surface area contributed by atoms with Crippen LogP contribution in [0, 0.1) is 31.6 Å². The van der Waals surface area contributed by atoms with Crippen LogP contribution in [0.4, 0.5) is 0 Å². The van der Waals surface area contributed by atoms with Gasteiger partial charge in [0.1, 0.15) is 6.10 Å². The summed E-state index contributed by atoms with van der Waals surface area (Å²) in [7, 11) is 0. The fraction of sp³-hybridized carbons (Fsp3) is 0.515. The van der Waals surface area contributed by atoms with Crippen LogP contribution in [0.25, 0.3) is 12.2 Å². The van der Waals surface area contributed by atoms with Crippen LogP contribution in [0.1, 0.15) is 72.9 Å². The van der Waals surface area contributed by atoms with Crippen LogP contribution >= 0.6 is 24.4 Å². The number of amides is 2. The molecule has 0 spiro atoms. The lowest BCUT2D eigenvalue weighted by Gasteiger charge is -2.25. The molecule has 7 N–H and O–H groups in total. The normalized spacial score (nSPS) is 27.3. The number of H-pyrrole nitrogens is 2. The molecule has 3 saturated heterocycles. The number of aromatic amines is 2. The van der Waals surface area contributed by atoms with Crippen molar-refractivity contribution in [2.45, 2.75) is 78.0 Å². The lowest BCUT2D eigenvalue weighted by Crippen LogP contribution is -2.36. The molecule has 11 nitrogen and oxygen atoms in total. The summed E-state index contributed by atoms with van der Waals surface area (Å²) in [6.07, 6.45) is 3.64. The summed E-state index contributed by atoms with van der Waals surface area (Å²) in [5.41, 5.74) is 5.01. The van der Waals surface area contributed by atoms with E-state index in [1.165, 1.54) is 0 Å². The third-order valence-electron chi connectivity index (χ3n) is 9.76. The first-order valence-electron chi connectivity index (χ1n) is 15.6. The van der Waals surface area contributed by atoms with E-state index in [2.05, 4.69) is 33.2 Å². The van der Waals surface area contributed by atoms with Gasteiger partial charge in [-0.25, -0.2) is 0 Å². The number of carbonyl (C=O) groups excluding carboxylic acids is 2. The quantitative estimate of drug-likeness (QED) is 0.0956. The number of carboxylic acids is 2. The number of aliphatic hydroxyl groups is 1. The first-order chi connectivity index (χ1) is 21.8. The summed E-state index contributed by atoms with van der Waals surface area (Å²) >= 11 is 6.04. The fourth-order valence-corrected chi connectivity index (χ4v) is 7.94. The Morgan fingerprint density at radius 2 is 1.63 bits per heavy atom. The molecule has 0 saturated carbocycles. The van der Waals surface area contributed by atoms with E-state index < -0.39 is 24.1 Å². The predicted molar refractivity (Wildman–Crippen MR) is 179 cm³/mol. The van der Waals surface area contributed by atoms with Crippen molar-refractivity contribution in [3.05, 3.63) is 54.8 Å². The molecule has 3 aliphatic heterocycles. The number of carboxylic acid groups (broad SMARTS) is 2. The number of aromatic nitrogens is 2. The third-order valence-corrected chi connectivity index (χ3v) is 10.8. The van der Waals surface area contributed by atoms with Gasteiger partial charge in [-0.05, 0) is 79.2 Å². The van der Waals surface area contributed by atoms with E-state index in [1.54, 1.807) is 11.8 Å². The summed E-state index contributed by atoms with van der Waals surface area (Å²) in [5, 5.41) is 38.1. The van der Waals surface area contributed by atoms with Gasteiger partial charge in [-0.2, -0.15) is 12.6 Å². The van der Waals surface area contributed by atoms with Gasteiger partial charge in [-0.1, -0.05) is 13.8 Å². The zero-order chi connectivity index (χ0) is 33.4. The molecule has 46 heavy (non-hydrogen) atoms. The molecular formula is C33H42N4O7S2. The molecule has 0 aromatic carbocycles. The average Bonchev–Trinajstić information content (AvgIpc) is 3.55. The molecule has 5 rings (SSSR count). The largest absolute Gasteiger partial charge is 0.481 e. The van der Waals surface area contributed by atoms with E-state index in [0.29, 0.717) is 34.5 Å². The highest BCUT2D eigenvalue weighted by atomic mass is 32.2. The summed E-state index contributed by atoms with van der Waals surface area (Å²) in [5.74, 6) is -1.07. The van der Waals surface area contributed by atoms with Crippen molar-refractivity contribution in [1.82, 2.24) is 20.6 Å². The van der Waals surface area contributed by atoms with Crippen LogP contribution in [0.5, 0.6) is 0 Å². The molecule has 0 aliphatic carbocycles. The average molecular weight is 671 g/mol. The molecule has 0 radical (unpaired) electrons. The highest BCUT2D eigenvalue weighted by molar-refractivity contribution is 8.11. The molecule has 0 bridgehead atoms. The second-order valence-corrected chi connectivity index (χ2v) is 14.1. The number of thiol groups is 1. The lowest BCUT2D eigenvalue weighted by atomic mass is 9.85. The molecule has 13 heteroatoms. The minimum atomic E-state index is -1.06. The van der Waals surface area contributed by atoms with Gasteiger partial charge in [-0.15, -0.1) is 11.8 Å². The Balaban J connectivity index is 1.60. The van der Waals surface area contributed by atoms with E-state index in [9.17, 15) is 34.5 Å². The monoisotopic (exact) mass is 670 g/mol. The number of carbonyl (C=O) groups is 4. The number of hydrogen-bond acceptors (Lipinski definition) is 7. The van der Waals surface area contributed by atoms with Gasteiger partial charge in [0.05, 0.1) is 12.1 Å².